The predicted octanol–water partition coefficient (Wildman–Crippen LogP) is 9.34. The van der Waals surface area contributed by atoms with E-state index in [1.54, 1.807) is 50.2 Å². The lowest BCUT2D eigenvalue weighted by atomic mass is 9.89. The summed E-state index contributed by atoms with van der Waals surface area (Å²) in [6.45, 7) is 3.72. The van der Waals surface area contributed by atoms with Crippen molar-refractivity contribution in [1.82, 2.24) is 5.16 Å². The molecule has 0 radical (unpaired) electrons. The van der Waals surface area contributed by atoms with Crippen LogP contribution in [0, 0.1) is 6.92 Å². The van der Waals surface area contributed by atoms with Crippen LogP contribution in [0.4, 0.5) is 24.5 Å². The number of rotatable bonds is 8. The molecule has 1 aliphatic rings. The molecule has 0 spiro atoms. The number of nitrogens with zero attached hydrogens (tertiary/aromatic N) is 1. The summed E-state index contributed by atoms with van der Waals surface area (Å²) in [6, 6.07) is 28.2. The highest BCUT2D eigenvalue weighted by molar-refractivity contribution is 5.92. The molecule has 0 atom stereocenters. The lowest BCUT2D eigenvalue weighted by Gasteiger charge is -2.20. The Morgan fingerprint density at radius 2 is 1.53 bits per heavy atom. The van der Waals surface area contributed by atoms with Gasteiger partial charge in [0.15, 0.2) is 5.76 Å². The number of hydrogen-bond acceptors (Lipinski definition) is 5. The van der Waals surface area contributed by atoms with Gasteiger partial charge in [-0.1, -0.05) is 90.1 Å². The van der Waals surface area contributed by atoms with Gasteiger partial charge in [0.2, 0.25) is 0 Å². The molecule has 1 aromatic heterocycles. The largest absolute Gasteiger partial charge is 0.465 e. The Kier molecular flexibility index (Phi) is 7.30. The molecule has 1 N–H and O–H groups in total. The standard InChI is InChI=1S/C35H29F3N2O3/c1-3-42-33(41)34(19-20-34)25-17-18-26(23-11-6-4-7-12-23)28(21-25)32-31(22(2)40-43-32)39-29-16-10-15-27(30(29)35(36,37)38)24-13-8-5-9-14-24/h4-18,21,39H,3,19-20H2,1-2H3. The third-order valence-corrected chi connectivity index (χ3v) is 7.87. The van der Waals surface area contributed by atoms with Crippen LogP contribution in [0.25, 0.3) is 33.6 Å². The zero-order valence-electron chi connectivity index (χ0n) is 23.7. The molecule has 218 valence electrons. The van der Waals surface area contributed by atoms with Crippen molar-refractivity contribution in [3.8, 4) is 33.6 Å². The molecule has 5 aromatic rings. The van der Waals surface area contributed by atoms with Crippen molar-refractivity contribution in [3.63, 3.8) is 0 Å². The summed E-state index contributed by atoms with van der Waals surface area (Å²) in [4.78, 5) is 12.9. The van der Waals surface area contributed by atoms with Gasteiger partial charge in [-0.2, -0.15) is 13.2 Å². The summed E-state index contributed by atoms with van der Waals surface area (Å²) in [5, 5.41) is 7.19. The Morgan fingerprint density at radius 3 is 2.14 bits per heavy atom. The molecule has 5 nitrogen and oxygen atoms in total. The van der Waals surface area contributed by atoms with Gasteiger partial charge in [0.1, 0.15) is 11.4 Å². The maximum atomic E-state index is 14.6. The van der Waals surface area contributed by atoms with Gasteiger partial charge in [-0.25, -0.2) is 0 Å². The average molecular weight is 583 g/mol. The van der Waals surface area contributed by atoms with Crippen LogP contribution in [-0.4, -0.2) is 17.7 Å². The molecule has 1 heterocycles. The second-order valence-electron chi connectivity index (χ2n) is 10.6. The molecule has 0 saturated heterocycles. The first kappa shape index (κ1) is 28.3. The van der Waals surface area contributed by atoms with Gasteiger partial charge >= 0.3 is 12.1 Å². The number of alkyl halides is 3. The van der Waals surface area contributed by atoms with E-state index in [1.165, 1.54) is 12.1 Å². The Labute approximate surface area is 247 Å². The number of aryl methyl sites for hydroxylation is 1. The molecule has 0 amide bonds. The molecule has 8 heteroatoms. The summed E-state index contributed by atoms with van der Waals surface area (Å²) in [6.07, 6.45) is -3.34. The van der Waals surface area contributed by atoms with Crippen molar-refractivity contribution in [1.29, 1.82) is 0 Å². The van der Waals surface area contributed by atoms with Gasteiger partial charge in [0.05, 0.1) is 23.3 Å². The van der Waals surface area contributed by atoms with E-state index in [0.29, 0.717) is 35.3 Å². The second kappa shape index (κ2) is 11.1. The van der Waals surface area contributed by atoms with E-state index >= 15 is 0 Å². The molecule has 0 aliphatic heterocycles. The van der Waals surface area contributed by atoms with Gasteiger partial charge in [-0.15, -0.1) is 0 Å². The molecular formula is C35H29F3N2O3. The fraction of sp³-hybridized carbons (Fsp3) is 0.200. The summed E-state index contributed by atoms with van der Waals surface area (Å²) in [7, 11) is 0. The SMILES string of the molecule is CCOC(=O)C1(c2ccc(-c3ccccc3)c(-c3onc(C)c3Nc3cccc(-c4ccccc4)c3C(F)(F)F)c2)CC1. The molecule has 0 unspecified atom stereocenters. The van der Waals surface area contributed by atoms with Gasteiger partial charge in [-0.3, -0.25) is 4.79 Å². The molecule has 1 fully saturated rings. The summed E-state index contributed by atoms with van der Waals surface area (Å²) >= 11 is 0. The van der Waals surface area contributed by atoms with E-state index in [0.717, 1.165) is 16.7 Å². The minimum absolute atomic E-state index is 0.0610. The van der Waals surface area contributed by atoms with Crippen LogP contribution in [0.2, 0.25) is 0 Å². The summed E-state index contributed by atoms with van der Waals surface area (Å²) in [5.41, 5.74) is 2.60. The monoisotopic (exact) mass is 582 g/mol. The lowest BCUT2D eigenvalue weighted by molar-refractivity contribution is -0.146. The zero-order valence-corrected chi connectivity index (χ0v) is 23.7. The molecule has 1 saturated carbocycles. The molecule has 4 aromatic carbocycles. The molecule has 6 rings (SSSR count). The summed E-state index contributed by atoms with van der Waals surface area (Å²) in [5.74, 6) is -0.0100. The zero-order chi connectivity index (χ0) is 30.2. The van der Waals surface area contributed by atoms with Crippen molar-refractivity contribution < 1.29 is 27.2 Å². The highest BCUT2D eigenvalue weighted by Crippen LogP contribution is 2.52. The predicted molar refractivity (Wildman–Crippen MR) is 160 cm³/mol. The van der Waals surface area contributed by atoms with Gasteiger partial charge in [0.25, 0.3) is 0 Å². The number of esters is 1. The van der Waals surface area contributed by atoms with E-state index in [9.17, 15) is 18.0 Å². The van der Waals surface area contributed by atoms with Crippen molar-refractivity contribution >= 4 is 17.3 Å². The van der Waals surface area contributed by atoms with Crippen LogP contribution in [0.1, 0.15) is 36.6 Å². The van der Waals surface area contributed by atoms with Crippen molar-refractivity contribution in [2.45, 2.75) is 38.3 Å². The van der Waals surface area contributed by atoms with Crippen molar-refractivity contribution in [2.75, 3.05) is 11.9 Å². The number of halogens is 3. The minimum atomic E-state index is -4.65. The summed E-state index contributed by atoms with van der Waals surface area (Å²) < 4.78 is 55.2. The van der Waals surface area contributed by atoms with Gasteiger partial charge in [0, 0.05) is 5.56 Å². The molecule has 1 aliphatic carbocycles. The number of ether oxygens (including phenoxy) is 1. The third kappa shape index (κ3) is 5.29. The van der Waals surface area contributed by atoms with Crippen LogP contribution in [-0.2, 0) is 21.1 Å². The van der Waals surface area contributed by atoms with E-state index in [-0.39, 0.29) is 29.6 Å². The highest BCUT2D eigenvalue weighted by atomic mass is 19.4. The van der Waals surface area contributed by atoms with E-state index < -0.39 is 17.2 Å². The number of nitrogens with one attached hydrogen (secondary N) is 1. The molecular weight excluding hydrogens is 553 g/mol. The minimum Gasteiger partial charge on any atom is -0.465 e. The van der Waals surface area contributed by atoms with E-state index in [1.807, 2.05) is 48.5 Å². The quantitative estimate of drug-likeness (QED) is 0.185. The van der Waals surface area contributed by atoms with Gasteiger partial charge < -0.3 is 14.6 Å². The van der Waals surface area contributed by atoms with Crippen molar-refractivity contribution in [2.24, 2.45) is 0 Å². The van der Waals surface area contributed by atoms with Crippen LogP contribution in [0.3, 0.4) is 0 Å². The molecule has 0 bridgehead atoms. The third-order valence-electron chi connectivity index (χ3n) is 7.87. The first-order valence-corrected chi connectivity index (χ1v) is 14.1. The lowest BCUT2D eigenvalue weighted by Crippen LogP contribution is -2.23. The Morgan fingerprint density at radius 1 is 0.884 bits per heavy atom. The molecule has 43 heavy (non-hydrogen) atoms. The van der Waals surface area contributed by atoms with E-state index in [2.05, 4.69) is 10.5 Å². The fourth-order valence-electron chi connectivity index (χ4n) is 5.56. The van der Waals surface area contributed by atoms with Crippen LogP contribution >= 0.6 is 0 Å². The highest BCUT2D eigenvalue weighted by Gasteiger charge is 2.53. The first-order valence-electron chi connectivity index (χ1n) is 14.1. The number of benzene rings is 4. The van der Waals surface area contributed by atoms with Crippen molar-refractivity contribution in [3.05, 3.63) is 114 Å². The number of carbonyl (C=O) groups excluding carboxylic acids is 1. The second-order valence-corrected chi connectivity index (χ2v) is 10.6. The Bertz CT molecular complexity index is 1780. The first-order chi connectivity index (χ1) is 20.7. The fourth-order valence-corrected chi connectivity index (χ4v) is 5.56. The maximum Gasteiger partial charge on any atom is 0.419 e. The van der Waals surface area contributed by atoms with Crippen LogP contribution in [0.5, 0.6) is 0 Å². The Balaban J connectivity index is 1.51. The number of hydrogen-bond donors (Lipinski definition) is 1. The van der Waals surface area contributed by atoms with Crippen LogP contribution in [0.15, 0.2) is 102 Å². The number of anilines is 2. The average Bonchev–Trinajstić information content (AvgIpc) is 3.76. The maximum absolute atomic E-state index is 14.6. The smallest absolute Gasteiger partial charge is 0.419 e. The van der Waals surface area contributed by atoms with E-state index in [4.69, 9.17) is 9.26 Å². The number of aromatic nitrogens is 1. The number of carbonyl (C=O) groups is 1. The van der Waals surface area contributed by atoms with Gasteiger partial charge in [-0.05, 0) is 66.6 Å². The normalized spacial score (nSPS) is 13.9. The van der Waals surface area contributed by atoms with Crippen LogP contribution < -0.4 is 5.32 Å². The topological polar surface area (TPSA) is 64.4 Å². The Hall–Kier alpha value is -4.85.